The molecule has 7 nitrogen and oxygen atoms in total. The minimum absolute atomic E-state index is 0.146. The highest BCUT2D eigenvalue weighted by atomic mass is 16.2. The first-order chi connectivity index (χ1) is 15.6. The molecule has 0 N–H and O–H groups in total. The summed E-state index contributed by atoms with van der Waals surface area (Å²) in [6.07, 6.45) is 8.10. The summed E-state index contributed by atoms with van der Waals surface area (Å²) in [7, 11) is 0. The Morgan fingerprint density at radius 2 is 1.72 bits per heavy atom. The number of hydrogen-bond acceptors (Lipinski definition) is 5. The van der Waals surface area contributed by atoms with Crippen molar-refractivity contribution >= 4 is 22.4 Å². The van der Waals surface area contributed by atoms with Gasteiger partial charge in [-0.2, -0.15) is 5.10 Å². The van der Waals surface area contributed by atoms with Gasteiger partial charge in [0.25, 0.3) is 5.56 Å². The van der Waals surface area contributed by atoms with Gasteiger partial charge in [0.1, 0.15) is 6.54 Å². The van der Waals surface area contributed by atoms with Crippen molar-refractivity contribution in [3.63, 3.8) is 0 Å². The Kier molecular flexibility index (Phi) is 6.35. The number of carbonyl (C=O) groups excluding carboxylic acids is 1. The van der Waals surface area contributed by atoms with Gasteiger partial charge in [-0.05, 0) is 48.7 Å². The monoisotopic (exact) mass is 427 g/mol. The lowest BCUT2D eigenvalue weighted by Crippen LogP contribution is -2.37. The topological polar surface area (TPSA) is 81.0 Å². The number of benzene rings is 1. The Balaban J connectivity index is 1.69. The third-order valence-corrected chi connectivity index (χ3v) is 5.49. The quantitative estimate of drug-likeness (QED) is 0.452. The van der Waals surface area contributed by atoms with Gasteiger partial charge in [-0.25, -0.2) is 4.68 Å². The van der Waals surface area contributed by atoms with E-state index in [9.17, 15) is 9.59 Å². The van der Waals surface area contributed by atoms with Crippen molar-refractivity contribution in [2.45, 2.75) is 33.2 Å². The summed E-state index contributed by atoms with van der Waals surface area (Å²) < 4.78 is 1.25. The molecule has 0 saturated carbocycles. The van der Waals surface area contributed by atoms with Crippen molar-refractivity contribution in [3.05, 3.63) is 94.4 Å². The Labute approximate surface area is 186 Å². The fraction of sp³-hybridized carbons (Fsp3) is 0.240. The maximum absolute atomic E-state index is 13.2. The molecule has 0 fully saturated rings. The molecular formula is C25H25N5O2. The second kappa shape index (κ2) is 9.51. The number of amides is 1. The number of pyridine rings is 2. The Hall–Kier alpha value is -3.87. The molecule has 0 unspecified atom stereocenters. The summed E-state index contributed by atoms with van der Waals surface area (Å²) in [6.45, 7) is 4.36. The molecule has 1 aromatic carbocycles. The van der Waals surface area contributed by atoms with Crippen LogP contribution in [-0.2, 0) is 24.2 Å². The Bertz CT molecular complexity index is 1280. The minimum Gasteiger partial charge on any atom is -0.311 e. The van der Waals surface area contributed by atoms with E-state index in [1.807, 2.05) is 43.3 Å². The van der Waals surface area contributed by atoms with Gasteiger partial charge in [-0.1, -0.05) is 25.1 Å². The summed E-state index contributed by atoms with van der Waals surface area (Å²) in [5.74, 6) is -0.193. The average Bonchev–Trinajstić information content (AvgIpc) is 2.83. The molecule has 4 rings (SSSR count). The van der Waals surface area contributed by atoms with Crippen molar-refractivity contribution in [2.75, 3.05) is 11.4 Å². The molecule has 7 heteroatoms. The lowest BCUT2D eigenvalue weighted by molar-refractivity contribution is -0.119. The van der Waals surface area contributed by atoms with E-state index in [4.69, 9.17) is 0 Å². The van der Waals surface area contributed by atoms with Gasteiger partial charge in [0.15, 0.2) is 0 Å². The second-order valence-electron chi connectivity index (χ2n) is 7.53. The first-order valence-corrected chi connectivity index (χ1v) is 10.7. The van der Waals surface area contributed by atoms with Gasteiger partial charge in [-0.15, -0.1) is 0 Å². The average molecular weight is 428 g/mol. The predicted molar refractivity (Wildman–Crippen MR) is 125 cm³/mol. The summed E-state index contributed by atoms with van der Waals surface area (Å²) in [4.78, 5) is 36.2. The highest BCUT2D eigenvalue weighted by Crippen LogP contribution is 2.18. The van der Waals surface area contributed by atoms with Crippen LogP contribution in [0, 0.1) is 0 Å². The zero-order valence-electron chi connectivity index (χ0n) is 18.2. The zero-order valence-corrected chi connectivity index (χ0v) is 18.2. The molecule has 0 radical (unpaired) electrons. The molecule has 0 bridgehead atoms. The smallest absolute Gasteiger partial charge is 0.276 e. The van der Waals surface area contributed by atoms with Crippen molar-refractivity contribution in [3.8, 4) is 0 Å². The highest BCUT2D eigenvalue weighted by Gasteiger charge is 2.18. The maximum atomic E-state index is 13.2. The predicted octanol–water partition coefficient (Wildman–Crippen LogP) is 3.39. The van der Waals surface area contributed by atoms with Crippen molar-refractivity contribution in [1.82, 2.24) is 19.7 Å². The van der Waals surface area contributed by atoms with Gasteiger partial charge >= 0.3 is 0 Å². The van der Waals surface area contributed by atoms with E-state index in [-0.39, 0.29) is 18.0 Å². The molecule has 0 saturated heterocycles. The molecule has 0 aliphatic carbocycles. The third-order valence-electron chi connectivity index (χ3n) is 5.49. The zero-order chi connectivity index (χ0) is 22.5. The van der Waals surface area contributed by atoms with Crippen LogP contribution >= 0.6 is 0 Å². The van der Waals surface area contributed by atoms with Gasteiger partial charge in [0, 0.05) is 48.8 Å². The lowest BCUT2D eigenvalue weighted by Gasteiger charge is -2.22. The Morgan fingerprint density at radius 3 is 2.41 bits per heavy atom. The van der Waals surface area contributed by atoms with Gasteiger partial charge < -0.3 is 4.90 Å². The second-order valence-corrected chi connectivity index (χ2v) is 7.53. The largest absolute Gasteiger partial charge is 0.311 e. The SMILES string of the molecule is CCc1ccc(N(CC)C(=O)Cn2nc(Cc3cccnc3)c3ccncc3c2=O)cc1. The molecule has 1 amide bonds. The van der Waals surface area contributed by atoms with Crippen molar-refractivity contribution < 1.29 is 4.79 Å². The van der Waals surface area contributed by atoms with Crippen LogP contribution in [0.5, 0.6) is 0 Å². The van der Waals surface area contributed by atoms with Crippen molar-refractivity contribution in [1.29, 1.82) is 0 Å². The number of likely N-dealkylation sites (N-methyl/N-ethyl adjacent to an activating group) is 1. The van der Waals surface area contributed by atoms with Crippen LogP contribution in [0.3, 0.4) is 0 Å². The first kappa shape index (κ1) is 21.4. The highest BCUT2D eigenvalue weighted by molar-refractivity contribution is 5.93. The van der Waals surface area contributed by atoms with E-state index < -0.39 is 0 Å². The Morgan fingerprint density at radius 1 is 0.938 bits per heavy atom. The summed E-state index contributed by atoms with van der Waals surface area (Å²) in [5, 5.41) is 5.76. The van der Waals surface area contributed by atoms with E-state index >= 15 is 0 Å². The normalized spacial score (nSPS) is 10.9. The number of carbonyl (C=O) groups is 1. The molecule has 0 aliphatic rings. The van der Waals surface area contributed by atoms with Gasteiger partial charge in [0.2, 0.25) is 5.91 Å². The number of hydrogen-bond donors (Lipinski definition) is 0. The van der Waals surface area contributed by atoms with E-state index in [0.717, 1.165) is 23.1 Å². The summed E-state index contributed by atoms with van der Waals surface area (Å²) in [5.41, 5.74) is 3.37. The third kappa shape index (κ3) is 4.42. The van der Waals surface area contributed by atoms with Gasteiger partial charge in [0.05, 0.1) is 11.1 Å². The van der Waals surface area contributed by atoms with E-state index in [0.29, 0.717) is 24.0 Å². The molecule has 0 atom stereocenters. The summed E-state index contributed by atoms with van der Waals surface area (Å²) in [6, 6.07) is 13.5. The van der Waals surface area contributed by atoms with Crippen LogP contribution < -0.4 is 10.5 Å². The molecule has 4 aromatic rings. The van der Waals surface area contributed by atoms with E-state index in [1.165, 1.54) is 16.4 Å². The van der Waals surface area contributed by atoms with Gasteiger partial charge in [-0.3, -0.25) is 19.6 Å². The number of fused-ring (bicyclic) bond motifs is 1. The summed E-state index contributed by atoms with van der Waals surface area (Å²) >= 11 is 0. The molecule has 0 spiro atoms. The molecule has 3 aromatic heterocycles. The number of aryl methyl sites for hydroxylation is 1. The van der Waals surface area contributed by atoms with Crippen LogP contribution in [0.1, 0.15) is 30.7 Å². The minimum atomic E-state index is -0.325. The van der Waals surface area contributed by atoms with Crippen LogP contribution in [0.2, 0.25) is 0 Å². The first-order valence-electron chi connectivity index (χ1n) is 10.7. The number of aromatic nitrogens is 4. The van der Waals surface area contributed by atoms with E-state index in [1.54, 1.807) is 29.6 Å². The fourth-order valence-corrected chi connectivity index (χ4v) is 3.76. The fourth-order valence-electron chi connectivity index (χ4n) is 3.76. The molecule has 32 heavy (non-hydrogen) atoms. The number of nitrogens with zero attached hydrogens (tertiary/aromatic N) is 5. The standard InChI is InChI=1S/C25H25N5O2/c1-3-18-7-9-20(10-8-18)29(4-2)24(31)17-30-25(32)22-16-27-13-11-21(22)23(28-30)14-19-6-5-12-26-15-19/h5-13,15-16H,3-4,14,17H2,1-2H3. The molecule has 162 valence electrons. The maximum Gasteiger partial charge on any atom is 0.276 e. The van der Waals surface area contributed by atoms with Crippen LogP contribution in [0.25, 0.3) is 10.8 Å². The van der Waals surface area contributed by atoms with E-state index in [2.05, 4.69) is 22.0 Å². The molecule has 3 heterocycles. The van der Waals surface area contributed by atoms with Crippen LogP contribution in [0.15, 0.2) is 72.0 Å². The molecular weight excluding hydrogens is 402 g/mol. The number of anilines is 1. The molecule has 0 aliphatic heterocycles. The van der Waals surface area contributed by atoms with Crippen molar-refractivity contribution in [2.24, 2.45) is 0 Å². The number of rotatable bonds is 7. The van der Waals surface area contributed by atoms with Crippen LogP contribution in [0.4, 0.5) is 5.69 Å². The lowest BCUT2D eigenvalue weighted by atomic mass is 10.1. The van der Waals surface area contributed by atoms with Crippen LogP contribution in [-0.4, -0.2) is 32.2 Å².